The van der Waals surface area contributed by atoms with Gasteiger partial charge < -0.3 is 15.1 Å². The van der Waals surface area contributed by atoms with E-state index >= 15 is 0 Å². The molecule has 3 heterocycles. The number of nitrogens with two attached hydrogens (primary N) is 1. The lowest BCUT2D eigenvalue weighted by Crippen LogP contribution is -2.47. The van der Waals surface area contributed by atoms with Gasteiger partial charge in [0.05, 0.1) is 6.26 Å². The molecular weight excluding hydrogens is 407 g/mol. The fourth-order valence-electron chi connectivity index (χ4n) is 4.13. The van der Waals surface area contributed by atoms with Gasteiger partial charge in [-0.2, -0.15) is 0 Å². The molecule has 27 heavy (non-hydrogen) atoms. The van der Waals surface area contributed by atoms with Gasteiger partial charge in [0.25, 0.3) is 0 Å². The van der Waals surface area contributed by atoms with E-state index in [0.717, 1.165) is 48.9 Å². The highest BCUT2D eigenvalue weighted by molar-refractivity contribution is 5.87. The Bertz CT molecular complexity index is 668. The first-order valence-electron chi connectivity index (χ1n) is 9.34. The van der Waals surface area contributed by atoms with Crippen LogP contribution in [0.15, 0.2) is 29.0 Å². The summed E-state index contributed by atoms with van der Waals surface area (Å²) in [6.45, 7) is 5.52. The van der Waals surface area contributed by atoms with Gasteiger partial charge in [-0.25, -0.2) is 4.98 Å². The lowest BCUT2D eigenvalue weighted by molar-refractivity contribution is 0.216. The van der Waals surface area contributed by atoms with Crippen molar-refractivity contribution < 1.29 is 4.42 Å². The molecule has 0 unspecified atom stereocenters. The Morgan fingerprint density at radius 3 is 2.41 bits per heavy atom. The van der Waals surface area contributed by atoms with Crippen molar-refractivity contribution in [3.63, 3.8) is 0 Å². The number of anilines is 1. The summed E-state index contributed by atoms with van der Waals surface area (Å²) in [7, 11) is 0. The van der Waals surface area contributed by atoms with Crippen molar-refractivity contribution in [1.82, 2.24) is 9.88 Å². The van der Waals surface area contributed by atoms with Gasteiger partial charge >= 0.3 is 0 Å². The number of nitrogens with zero attached hydrogens (tertiary/aromatic N) is 3. The zero-order valence-corrected chi connectivity index (χ0v) is 18.0. The number of hydrogen-bond donors (Lipinski definition) is 1. The molecule has 0 radical (unpaired) electrons. The van der Waals surface area contributed by atoms with Gasteiger partial charge in [0.15, 0.2) is 11.4 Å². The van der Waals surface area contributed by atoms with Crippen molar-refractivity contribution in [2.45, 2.75) is 38.1 Å². The second kappa shape index (κ2) is 11.3. The van der Waals surface area contributed by atoms with Crippen LogP contribution in [0.4, 0.5) is 5.82 Å². The first-order valence-corrected chi connectivity index (χ1v) is 9.34. The molecule has 2 aliphatic rings. The van der Waals surface area contributed by atoms with Crippen LogP contribution in [0.1, 0.15) is 32.1 Å². The average Bonchev–Trinajstić information content (AvgIpc) is 3.10. The topological polar surface area (TPSA) is 58.5 Å². The van der Waals surface area contributed by atoms with Gasteiger partial charge in [-0.1, -0.05) is 0 Å². The van der Waals surface area contributed by atoms with Crippen molar-refractivity contribution in [3.05, 3.63) is 24.6 Å². The number of aromatic nitrogens is 1. The van der Waals surface area contributed by atoms with E-state index in [1.54, 1.807) is 6.26 Å². The predicted octanol–water partition coefficient (Wildman–Crippen LogP) is 4.12. The highest BCUT2D eigenvalue weighted by Gasteiger charge is 2.23. The number of hydrogen-bond acceptors (Lipinski definition) is 5. The minimum Gasteiger partial charge on any atom is -0.460 e. The number of piperazine rings is 1. The van der Waals surface area contributed by atoms with E-state index in [1.807, 2.05) is 18.3 Å². The summed E-state index contributed by atoms with van der Waals surface area (Å²) in [5, 5.41) is 1.14. The summed E-state index contributed by atoms with van der Waals surface area (Å²) in [6.07, 6.45) is 10.1. The Morgan fingerprint density at radius 1 is 1.00 bits per heavy atom. The third-order valence-corrected chi connectivity index (χ3v) is 5.77. The minimum atomic E-state index is 0. The van der Waals surface area contributed by atoms with E-state index in [-0.39, 0.29) is 37.2 Å². The lowest BCUT2D eigenvalue weighted by atomic mass is 9.84. The SMILES string of the molecule is Cl.Cl.Cl.N[C@H]1CC[C@H](CCN2CCN(c3nccc4ccoc34)CC2)CC1. The van der Waals surface area contributed by atoms with Crippen LogP contribution in [0, 0.1) is 5.92 Å². The molecule has 0 aromatic carbocycles. The Balaban J connectivity index is 0.00000121. The largest absolute Gasteiger partial charge is 0.460 e. The molecule has 1 aliphatic heterocycles. The smallest absolute Gasteiger partial charge is 0.176 e. The van der Waals surface area contributed by atoms with Crippen molar-refractivity contribution in [3.8, 4) is 0 Å². The lowest BCUT2D eigenvalue weighted by Gasteiger charge is -2.36. The standard InChI is InChI=1S/C19H28N4O.3ClH/c20-17-3-1-15(2-4-17)6-9-22-10-12-23(13-11-22)19-18-16(5-8-21-19)7-14-24-18;;;/h5,7-8,14-15,17H,1-4,6,9-13,20H2;3*1H/t15-,17-;;;. The first-order chi connectivity index (χ1) is 11.8. The Morgan fingerprint density at radius 2 is 1.70 bits per heavy atom. The summed E-state index contributed by atoms with van der Waals surface area (Å²) in [5.41, 5.74) is 6.93. The molecule has 0 amide bonds. The Kier molecular flexibility index (Phi) is 10.2. The number of rotatable bonds is 4. The quantitative estimate of drug-likeness (QED) is 0.779. The van der Waals surface area contributed by atoms with Crippen LogP contribution in [0.25, 0.3) is 11.0 Å². The van der Waals surface area contributed by atoms with Gasteiger partial charge in [-0.05, 0) is 56.7 Å². The number of furan rings is 1. The molecule has 8 heteroatoms. The monoisotopic (exact) mass is 436 g/mol. The zero-order valence-electron chi connectivity index (χ0n) is 15.6. The minimum absolute atomic E-state index is 0. The Hall–Kier alpha value is -0.720. The molecule has 4 rings (SSSR count). The molecule has 0 spiro atoms. The molecule has 2 aromatic heterocycles. The second-order valence-corrected chi connectivity index (χ2v) is 7.37. The number of halogens is 3. The molecule has 1 saturated carbocycles. The second-order valence-electron chi connectivity index (χ2n) is 7.37. The van der Waals surface area contributed by atoms with Crippen LogP contribution in [0.2, 0.25) is 0 Å². The van der Waals surface area contributed by atoms with Gasteiger partial charge in [0.1, 0.15) is 0 Å². The van der Waals surface area contributed by atoms with Crippen molar-refractivity contribution >= 4 is 54.0 Å². The van der Waals surface area contributed by atoms with Crippen LogP contribution in [-0.2, 0) is 0 Å². The van der Waals surface area contributed by atoms with E-state index in [0.29, 0.717) is 6.04 Å². The van der Waals surface area contributed by atoms with Gasteiger partial charge in [-0.3, -0.25) is 4.90 Å². The van der Waals surface area contributed by atoms with Gasteiger partial charge in [0.2, 0.25) is 0 Å². The van der Waals surface area contributed by atoms with E-state index < -0.39 is 0 Å². The molecule has 2 N–H and O–H groups in total. The maximum atomic E-state index is 6.01. The Labute approximate surface area is 180 Å². The summed E-state index contributed by atoms with van der Waals surface area (Å²) in [5.74, 6) is 1.89. The van der Waals surface area contributed by atoms with Crippen LogP contribution in [0.5, 0.6) is 0 Å². The van der Waals surface area contributed by atoms with Crippen molar-refractivity contribution in [1.29, 1.82) is 0 Å². The maximum absolute atomic E-state index is 6.01. The summed E-state index contributed by atoms with van der Waals surface area (Å²) >= 11 is 0. The third-order valence-electron chi connectivity index (χ3n) is 5.77. The predicted molar refractivity (Wildman–Crippen MR) is 119 cm³/mol. The molecule has 5 nitrogen and oxygen atoms in total. The highest BCUT2D eigenvalue weighted by Crippen LogP contribution is 2.28. The van der Waals surface area contributed by atoms with E-state index in [4.69, 9.17) is 10.2 Å². The molecule has 154 valence electrons. The molecule has 0 atom stereocenters. The fraction of sp³-hybridized carbons (Fsp3) is 0.632. The van der Waals surface area contributed by atoms with Gasteiger partial charge in [-0.15, -0.1) is 37.2 Å². The summed E-state index contributed by atoms with van der Waals surface area (Å²) in [6, 6.07) is 4.48. The van der Waals surface area contributed by atoms with Crippen LogP contribution < -0.4 is 10.6 Å². The van der Waals surface area contributed by atoms with Gasteiger partial charge in [0, 0.05) is 43.8 Å². The molecular formula is C19H31Cl3N4O. The summed E-state index contributed by atoms with van der Waals surface area (Å²) in [4.78, 5) is 9.52. The fourth-order valence-corrected chi connectivity index (χ4v) is 4.13. The van der Waals surface area contributed by atoms with E-state index in [2.05, 4.69) is 14.8 Å². The zero-order chi connectivity index (χ0) is 16.4. The van der Waals surface area contributed by atoms with E-state index in [1.165, 1.54) is 38.6 Å². The van der Waals surface area contributed by atoms with Crippen LogP contribution >= 0.6 is 37.2 Å². The molecule has 2 fully saturated rings. The molecule has 2 aromatic rings. The first kappa shape index (κ1) is 24.3. The third kappa shape index (κ3) is 5.88. The summed E-state index contributed by atoms with van der Waals surface area (Å²) < 4.78 is 5.64. The van der Waals surface area contributed by atoms with Crippen molar-refractivity contribution in [2.75, 3.05) is 37.6 Å². The molecule has 1 saturated heterocycles. The average molecular weight is 438 g/mol. The number of fused-ring (bicyclic) bond motifs is 1. The maximum Gasteiger partial charge on any atom is 0.176 e. The molecule has 1 aliphatic carbocycles. The van der Waals surface area contributed by atoms with Crippen molar-refractivity contribution in [2.24, 2.45) is 11.7 Å². The number of pyridine rings is 1. The van der Waals surface area contributed by atoms with Crippen LogP contribution in [0.3, 0.4) is 0 Å². The van der Waals surface area contributed by atoms with Crippen LogP contribution in [-0.4, -0.2) is 48.6 Å². The highest BCUT2D eigenvalue weighted by atomic mass is 35.5. The normalized spacial score (nSPS) is 23.2. The van der Waals surface area contributed by atoms with E-state index in [9.17, 15) is 0 Å². The molecule has 0 bridgehead atoms.